The molecule has 0 atom stereocenters. The summed E-state index contributed by atoms with van der Waals surface area (Å²) in [5.74, 6) is -0.197. The van der Waals surface area contributed by atoms with Crippen LogP contribution in [0.2, 0.25) is 0 Å². The fourth-order valence-electron chi connectivity index (χ4n) is 1.24. The number of pyridine rings is 1. The van der Waals surface area contributed by atoms with Gasteiger partial charge in [-0.3, -0.25) is 0 Å². The van der Waals surface area contributed by atoms with Crippen molar-refractivity contribution in [2.75, 3.05) is 25.1 Å². The summed E-state index contributed by atoms with van der Waals surface area (Å²) >= 11 is 0. The van der Waals surface area contributed by atoms with Gasteiger partial charge in [-0.2, -0.15) is 0 Å². The maximum absolute atomic E-state index is 11.6. The first-order valence-electron chi connectivity index (χ1n) is 5.33. The predicted molar refractivity (Wildman–Crippen MR) is 61.8 cm³/mol. The van der Waals surface area contributed by atoms with Crippen LogP contribution in [0.3, 0.4) is 0 Å². The molecule has 0 amide bonds. The monoisotopic (exact) mass is 240 g/mol. The number of aromatic nitrogens is 1. The Bertz CT molecular complexity index is 366. The topological polar surface area (TPSA) is 91.7 Å². The third-order valence-corrected chi connectivity index (χ3v) is 2.08. The van der Waals surface area contributed by atoms with E-state index in [1.165, 1.54) is 6.20 Å². The van der Waals surface area contributed by atoms with Gasteiger partial charge >= 0.3 is 5.97 Å². The number of hydrogen-bond donors (Lipinski definition) is 3. The van der Waals surface area contributed by atoms with Crippen LogP contribution in [-0.2, 0) is 4.74 Å². The van der Waals surface area contributed by atoms with Crippen LogP contribution < -0.4 is 5.32 Å². The Morgan fingerprint density at radius 3 is 2.82 bits per heavy atom. The molecule has 0 fully saturated rings. The van der Waals surface area contributed by atoms with Crippen molar-refractivity contribution in [1.29, 1.82) is 0 Å². The summed E-state index contributed by atoms with van der Waals surface area (Å²) in [5, 5.41) is 20.7. The summed E-state index contributed by atoms with van der Waals surface area (Å²) in [5.41, 5.74) is 0.279. The largest absolute Gasteiger partial charge is 0.462 e. The molecular weight excluding hydrogens is 224 g/mol. The Balaban J connectivity index is 2.87. The lowest BCUT2D eigenvalue weighted by Crippen LogP contribution is -2.29. The van der Waals surface area contributed by atoms with Gasteiger partial charge in [-0.1, -0.05) is 0 Å². The van der Waals surface area contributed by atoms with Crippen molar-refractivity contribution in [2.24, 2.45) is 0 Å². The lowest BCUT2D eigenvalue weighted by molar-refractivity contribution is 0.0527. The lowest BCUT2D eigenvalue weighted by atomic mass is 10.2. The fourth-order valence-corrected chi connectivity index (χ4v) is 1.24. The molecule has 0 saturated carbocycles. The Morgan fingerprint density at radius 2 is 2.24 bits per heavy atom. The van der Waals surface area contributed by atoms with Crippen molar-refractivity contribution in [2.45, 2.75) is 13.0 Å². The molecule has 0 bridgehead atoms. The normalized spacial score (nSPS) is 10.4. The van der Waals surface area contributed by atoms with Gasteiger partial charge in [0.25, 0.3) is 0 Å². The second-order valence-corrected chi connectivity index (χ2v) is 3.33. The second kappa shape index (κ2) is 6.82. The number of esters is 1. The maximum atomic E-state index is 11.6. The first kappa shape index (κ1) is 13.4. The van der Waals surface area contributed by atoms with Crippen LogP contribution in [0.4, 0.5) is 5.82 Å². The van der Waals surface area contributed by atoms with Crippen LogP contribution in [0, 0.1) is 0 Å². The van der Waals surface area contributed by atoms with Gasteiger partial charge in [0.2, 0.25) is 0 Å². The molecule has 0 aliphatic heterocycles. The van der Waals surface area contributed by atoms with E-state index >= 15 is 0 Å². The van der Waals surface area contributed by atoms with Crippen molar-refractivity contribution in [1.82, 2.24) is 4.98 Å². The third-order valence-electron chi connectivity index (χ3n) is 2.08. The van der Waals surface area contributed by atoms with E-state index < -0.39 is 12.0 Å². The van der Waals surface area contributed by atoms with Crippen molar-refractivity contribution in [3.8, 4) is 0 Å². The highest BCUT2D eigenvalue weighted by atomic mass is 16.5. The summed E-state index contributed by atoms with van der Waals surface area (Å²) in [6.45, 7) is 1.48. The van der Waals surface area contributed by atoms with E-state index in [1.807, 2.05) is 0 Å². The molecule has 0 aliphatic carbocycles. The van der Waals surface area contributed by atoms with Crippen LogP contribution in [0.5, 0.6) is 0 Å². The quantitative estimate of drug-likeness (QED) is 0.607. The van der Waals surface area contributed by atoms with Gasteiger partial charge < -0.3 is 20.3 Å². The van der Waals surface area contributed by atoms with Gasteiger partial charge in [-0.15, -0.1) is 0 Å². The molecule has 6 nitrogen and oxygen atoms in total. The number of carbonyl (C=O) groups is 1. The molecule has 94 valence electrons. The summed E-state index contributed by atoms with van der Waals surface area (Å²) in [6.07, 6.45) is 1.51. The predicted octanol–water partition coefficient (Wildman–Crippen LogP) is 0.0234. The highest BCUT2D eigenvalue weighted by Crippen LogP contribution is 2.13. The highest BCUT2D eigenvalue weighted by molar-refractivity contribution is 5.94. The fraction of sp³-hybridized carbons (Fsp3) is 0.455. The zero-order chi connectivity index (χ0) is 12.7. The molecule has 0 radical (unpaired) electrons. The zero-order valence-corrected chi connectivity index (χ0v) is 9.59. The van der Waals surface area contributed by atoms with Crippen molar-refractivity contribution >= 4 is 11.8 Å². The third kappa shape index (κ3) is 3.69. The second-order valence-electron chi connectivity index (χ2n) is 3.33. The van der Waals surface area contributed by atoms with Crippen molar-refractivity contribution in [3.63, 3.8) is 0 Å². The molecule has 0 aliphatic rings. The molecule has 0 aromatic carbocycles. The molecule has 1 heterocycles. The molecule has 0 spiro atoms. The number of ether oxygens (including phenoxy) is 1. The van der Waals surface area contributed by atoms with Crippen LogP contribution in [-0.4, -0.2) is 47.0 Å². The number of nitrogens with one attached hydrogen (secondary N) is 1. The number of aliphatic hydroxyl groups is 2. The van der Waals surface area contributed by atoms with Gasteiger partial charge in [0, 0.05) is 6.20 Å². The number of nitrogens with zero attached hydrogens (tertiary/aromatic N) is 1. The van der Waals surface area contributed by atoms with Crippen molar-refractivity contribution in [3.05, 3.63) is 23.9 Å². The van der Waals surface area contributed by atoms with E-state index in [-0.39, 0.29) is 25.4 Å². The average molecular weight is 240 g/mol. The smallest absolute Gasteiger partial charge is 0.341 e. The molecule has 17 heavy (non-hydrogen) atoms. The van der Waals surface area contributed by atoms with Gasteiger partial charge in [0.15, 0.2) is 0 Å². The number of aliphatic hydroxyl groups excluding tert-OH is 2. The van der Waals surface area contributed by atoms with Crippen LogP contribution >= 0.6 is 0 Å². The SMILES string of the molecule is CCOC(=O)c1cccnc1NC(CO)CO. The molecule has 0 saturated heterocycles. The maximum Gasteiger partial charge on any atom is 0.341 e. The minimum atomic E-state index is -0.557. The Labute approximate surface area is 99.3 Å². The van der Waals surface area contributed by atoms with Gasteiger partial charge in [0.1, 0.15) is 11.4 Å². The first-order chi connectivity index (χ1) is 8.22. The van der Waals surface area contributed by atoms with Crippen LogP contribution in [0.25, 0.3) is 0 Å². The van der Waals surface area contributed by atoms with E-state index in [9.17, 15) is 4.79 Å². The molecule has 6 heteroatoms. The summed E-state index contributed by atoms with van der Waals surface area (Å²) < 4.78 is 4.87. The molecule has 3 N–H and O–H groups in total. The lowest BCUT2D eigenvalue weighted by Gasteiger charge is -2.15. The van der Waals surface area contributed by atoms with Gasteiger partial charge in [-0.05, 0) is 19.1 Å². The molecule has 1 aromatic heterocycles. The van der Waals surface area contributed by atoms with E-state index in [4.69, 9.17) is 14.9 Å². The van der Waals surface area contributed by atoms with Gasteiger partial charge in [0.05, 0.1) is 25.9 Å². The number of rotatable bonds is 6. The Kier molecular flexibility index (Phi) is 5.38. The zero-order valence-electron chi connectivity index (χ0n) is 9.59. The standard InChI is InChI=1S/C11H16N2O4/c1-2-17-11(16)9-4-3-5-12-10(9)13-8(6-14)7-15/h3-5,8,14-15H,2,6-7H2,1H3,(H,12,13). The first-order valence-corrected chi connectivity index (χ1v) is 5.33. The van der Waals surface area contributed by atoms with E-state index in [0.717, 1.165) is 0 Å². The Hall–Kier alpha value is -1.66. The minimum Gasteiger partial charge on any atom is -0.462 e. The molecule has 1 rings (SSSR count). The highest BCUT2D eigenvalue weighted by Gasteiger charge is 2.15. The molecular formula is C11H16N2O4. The summed E-state index contributed by atoms with van der Waals surface area (Å²) in [4.78, 5) is 15.6. The number of anilines is 1. The van der Waals surface area contributed by atoms with E-state index in [0.29, 0.717) is 5.82 Å². The molecule has 1 aromatic rings. The minimum absolute atomic E-state index is 0.255. The summed E-state index contributed by atoms with van der Waals surface area (Å²) in [6, 6.07) is 2.63. The number of carbonyl (C=O) groups excluding carboxylic acids is 1. The van der Waals surface area contributed by atoms with E-state index in [1.54, 1.807) is 19.1 Å². The molecule has 0 unspecified atom stereocenters. The van der Waals surface area contributed by atoms with Crippen molar-refractivity contribution < 1.29 is 19.7 Å². The van der Waals surface area contributed by atoms with Gasteiger partial charge in [-0.25, -0.2) is 9.78 Å². The van der Waals surface area contributed by atoms with Crippen LogP contribution in [0.1, 0.15) is 17.3 Å². The van der Waals surface area contributed by atoms with E-state index in [2.05, 4.69) is 10.3 Å². The number of hydrogen-bond acceptors (Lipinski definition) is 6. The summed E-state index contributed by atoms with van der Waals surface area (Å²) in [7, 11) is 0. The average Bonchev–Trinajstić information content (AvgIpc) is 2.36. The van der Waals surface area contributed by atoms with Crippen LogP contribution in [0.15, 0.2) is 18.3 Å². The Morgan fingerprint density at radius 1 is 1.53 bits per heavy atom.